The van der Waals surface area contributed by atoms with Crippen LogP contribution in [0.1, 0.15) is 16.9 Å². The highest BCUT2D eigenvalue weighted by Crippen LogP contribution is 2.41. The SMILES string of the molecule is C1=CC(c2cccc(N(c3cccc(-c4ccccc4)c3)c3cccc(-c4ccccc4)c3)c2)=Cc2c(oc3ccc(-n4c5ccccc5c5ccccc54)cc23)C1. The summed E-state index contributed by atoms with van der Waals surface area (Å²) < 4.78 is 8.94. The number of hydrogen-bond donors (Lipinski definition) is 0. The Kier molecular flexibility index (Phi) is 8.22. The number of allylic oxidation sites excluding steroid dienone is 3. The molecule has 0 spiro atoms. The third-order valence-corrected chi connectivity index (χ3v) is 11.4. The molecular formula is C55H38N2O. The van der Waals surface area contributed by atoms with Gasteiger partial charge in [-0.05, 0) is 106 Å². The van der Waals surface area contributed by atoms with Crippen LogP contribution >= 0.6 is 0 Å². The quantitative estimate of drug-likeness (QED) is 0.162. The summed E-state index contributed by atoms with van der Waals surface area (Å²) in [6, 6.07) is 71.8. The van der Waals surface area contributed by atoms with Crippen LogP contribution in [-0.2, 0) is 6.42 Å². The maximum absolute atomic E-state index is 6.56. The largest absolute Gasteiger partial charge is 0.460 e. The molecule has 11 rings (SSSR count). The molecule has 274 valence electrons. The van der Waals surface area contributed by atoms with Gasteiger partial charge in [0.25, 0.3) is 0 Å². The van der Waals surface area contributed by atoms with Crippen molar-refractivity contribution in [2.45, 2.75) is 6.42 Å². The van der Waals surface area contributed by atoms with Crippen LogP contribution in [0, 0.1) is 0 Å². The molecule has 0 aliphatic heterocycles. The van der Waals surface area contributed by atoms with E-state index in [1.54, 1.807) is 0 Å². The number of rotatable bonds is 7. The minimum absolute atomic E-state index is 0.721. The lowest BCUT2D eigenvalue weighted by atomic mass is 10.00. The highest BCUT2D eigenvalue weighted by molar-refractivity contribution is 6.09. The van der Waals surface area contributed by atoms with Crippen molar-refractivity contribution in [3.05, 3.63) is 229 Å². The van der Waals surface area contributed by atoms with E-state index in [0.29, 0.717) is 0 Å². The zero-order chi connectivity index (χ0) is 38.4. The molecule has 0 N–H and O–H groups in total. The second kappa shape index (κ2) is 14.1. The molecule has 0 saturated heterocycles. The van der Waals surface area contributed by atoms with Gasteiger partial charge in [0.2, 0.25) is 0 Å². The van der Waals surface area contributed by atoms with Crippen molar-refractivity contribution in [2.24, 2.45) is 0 Å². The molecule has 0 saturated carbocycles. The van der Waals surface area contributed by atoms with Gasteiger partial charge in [-0.1, -0.05) is 146 Å². The zero-order valence-electron chi connectivity index (χ0n) is 31.8. The van der Waals surface area contributed by atoms with Crippen LogP contribution in [0.15, 0.2) is 217 Å². The third-order valence-electron chi connectivity index (χ3n) is 11.4. The second-order valence-electron chi connectivity index (χ2n) is 14.9. The van der Waals surface area contributed by atoms with Gasteiger partial charge in [0.1, 0.15) is 11.3 Å². The number of hydrogen-bond acceptors (Lipinski definition) is 2. The maximum Gasteiger partial charge on any atom is 0.135 e. The van der Waals surface area contributed by atoms with Crippen molar-refractivity contribution in [1.29, 1.82) is 0 Å². The van der Waals surface area contributed by atoms with Crippen LogP contribution in [0.4, 0.5) is 17.1 Å². The summed E-state index contributed by atoms with van der Waals surface area (Å²) >= 11 is 0. The molecule has 1 aliphatic carbocycles. The van der Waals surface area contributed by atoms with E-state index in [1.165, 1.54) is 44.1 Å². The van der Waals surface area contributed by atoms with Crippen LogP contribution < -0.4 is 4.90 Å². The van der Waals surface area contributed by atoms with Crippen LogP contribution in [0.2, 0.25) is 0 Å². The Morgan fingerprint density at radius 1 is 0.431 bits per heavy atom. The molecule has 58 heavy (non-hydrogen) atoms. The van der Waals surface area contributed by atoms with E-state index in [4.69, 9.17) is 4.42 Å². The molecular weight excluding hydrogens is 705 g/mol. The summed E-state index contributed by atoms with van der Waals surface area (Å²) in [7, 11) is 0. The monoisotopic (exact) mass is 742 g/mol. The first kappa shape index (κ1) is 33.7. The molecule has 2 aromatic heterocycles. The fourth-order valence-electron chi connectivity index (χ4n) is 8.66. The Morgan fingerprint density at radius 3 is 1.55 bits per heavy atom. The highest BCUT2D eigenvalue weighted by atomic mass is 16.3. The number of aromatic nitrogens is 1. The van der Waals surface area contributed by atoms with E-state index in [2.05, 4.69) is 228 Å². The molecule has 3 nitrogen and oxygen atoms in total. The third kappa shape index (κ3) is 5.93. The molecule has 0 atom stereocenters. The summed E-state index contributed by atoms with van der Waals surface area (Å²) in [5.74, 6) is 0.980. The molecule has 10 aromatic rings. The minimum atomic E-state index is 0.721. The summed E-state index contributed by atoms with van der Waals surface area (Å²) in [6.07, 6.45) is 7.51. The number of benzene rings is 8. The van der Waals surface area contributed by atoms with Crippen molar-refractivity contribution in [2.75, 3.05) is 4.90 Å². The van der Waals surface area contributed by atoms with Gasteiger partial charge in [0.05, 0.1) is 11.0 Å². The van der Waals surface area contributed by atoms with E-state index < -0.39 is 0 Å². The first-order chi connectivity index (χ1) is 28.7. The number of furan rings is 1. The zero-order valence-corrected chi connectivity index (χ0v) is 31.8. The summed E-state index contributed by atoms with van der Waals surface area (Å²) in [6.45, 7) is 0. The second-order valence-corrected chi connectivity index (χ2v) is 14.9. The van der Waals surface area contributed by atoms with Gasteiger partial charge < -0.3 is 13.9 Å². The van der Waals surface area contributed by atoms with Gasteiger partial charge >= 0.3 is 0 Å². The van der Waals surface area contributed by atoms with E-state index >= 15 is 0 Å². The van der Waals surface area contributed by atoms with Gasteiger partial charge in [-0.2, -0.15) is 0 Å². The van der Waals surface area contributed by atoms with E-state index in [-0.39, 0.29) is 0 Å². The fourth-order valence-corrected chi connectivity index (χ4v) is 8.66. The Morgan fingerprint density at radius 2 is 0.948 bits per heavy atom. The Hall–Kier alpha value is -7.62. The molecule has 0 fully saturated rings. The smallest absolute Gasteiger partial charge is 0.135 e. The van der Waals surface area contributed by atoms with Gasteiger partial charge in [-0.25, -0.2) is 0 Å². The summed E-state index contributed by atoms with van der Waals surface area (Å²) in [5.41, 5.74) is 15.8. The van der Waals surface area contributed by atoms with Crippen molar-refractivity contribution < 1.29 is 4.42 Å². The topological polar surface area (TPSA) is 21.3 Å². The number of anilines is 3. The predicted molar refractivity (Wildman–Crippen MR) is 243 cm³/mol. The van der Waals surface area contributed by atoms with Crippen LogP contribution in [0.25, 0.3) is 72.4 Å². The molecule has 3 heteroatoms. The van der Waals surface area contributed by atoms with Crippen LogP contribution in [-0.4, -0.2) is 4.57 Å². The molecule has 0 bridgehead atoms. The molecule has 1 aliphatic rings. The average molecular weight is 743 g/mol. The molecule has 2 heterocycles. The first-order valence-electron chi connectivity index (χ1n) is 19.9. The molecule has 0 amide bonds. The standard InChI is InChI=1S/C55H38N2O/c1-3-15-38(16-4-1)40-19-11-23-44(33-40)56(45-24-12-20-41(34-45)39-17-5-2-6-18-39)46-25-13-21-42(35-46)43-22-14-30-54-50(36-43)51-37-47(31-32-55(51)58-54)57-52-28-9-7-26-48(52)49-27-8-10-29-53(49)57/h1-29,31-37H,30H2. The predicted octanol–water partition coefficient (Wildman–Crippen LogP) is 15.0. The van der Waals surface area contributed by atoms with Crippen molar-refractivity contribution in [3.63, 3.8) is 0 Å². The summed E-state index contributed by atoms with van der Waals surface area (Å²) in [5, 5.41) is 3.62. The van der Waals surface area contributed by atoms with Gasteiger partial charge in [-0.15, -0.1) is 0 Å². The molecule has 0 unspecified atom stereocenters. The fraction of sp³-hybridized carbons (Fsp3) is 0.0182. The van der Waals surface area contributed by atoms with Gasteiger partial charge in [-0.3, -0.25) is 0 Å². The van der Waals surface area contributed by atoms with E-state index in [9.17, 15) is 0 Å². The average Bonchev–Trinajstić information content (AvgIpc) is 3.72. The lowest BCUT2D eigenvalue weighted by Gasteiger charge is -2.27. The molecule has 8 aromatic carbocycles. The Labute approximate surface area is 337 Å². The van der Waals surface area contributed by atoms with Gasteiger partial charge in [0, 0.05) is 50.9 Å². The lowest BCUT2D eigenvalue weighted by molar-refractivity contribution is 0.564. The number of fused-ring (bicyclic) bond motifs is 6. The highest BCUT2D eigenvalue weighted by Gasteiger charge is 2.20. The van der Waals surface area contributed by atoms with E-state index in [1.807, 2.05) is 0 Å². The normalized spacial score (nSPS) is 12.4. The van der Waals surface area contributed by atoms with Crippen molar-refractivity contribution in [1.82, 2.24) is 4.57 Å². The first-order valence-corrected chi connectivity index (χ1v) is 19.9. The van der Waals surface area contributed by atoms with Crippen molar-refractivity contribution >= 4 is 61.5 Å². The maximum atomic E-state index is 6.56. The number of para-hydroxylation sites is 2. The number of nitrogens with zero attached hydrogens (tertiary/aromatic N) is 2. The van der Waals surface area contributed by atoms with Crippen molar-refractivity contribution in [3.8, 4) is 27.9 Å². The minimum Gasteiger partial charge on any atom is -0.460 e. The van der Waals surface area contributed by atoms with E-state index in [0.717, 1.165) is 62.6 Å². The van der Waals surface area contributed by atoms with Crippen LogP contribution in [0.3, 0.4) is 0 Å². The summed E-state index contributed by atoms with van der Waals surface area (Å²) in [4.78, 5) is 2.38. The van der Waals surface area contributed by atoms with Crippen LogP contribution in [0.5, 0.6) is 0 Å². The van der Waals surface area contributed by atoms with Gasteiger partial charge in [0.15, 0.2) is 0 Å². The Bertz CT molecular complexity index is 3060. The Balaban J connectivity index is 1.04. The lowest BCUT2D eigenvalue weighted by Crippen LogP contribution is -2.10. The molecule has 0 radical (unpaired) electrons.